The molecule has 0 bridgehead atoms. The molecule has 1 aromatic heterocycles. The van der Waals surface area contributed by atoms with E-state index in [2.05, 4.69) is 30.5 Å². The van der Waals surface area contributed by atoms with Crippen LogP contribution in [0.15, 0.2) is 53.7 Å². The Hall–Kier alpha value is -1.61. The zero-order valence-corrected chi connectivity index (χ0v) is 11.4. The third-order valence-electron chi connectivity index (χ3n) is 2.79. The van der Waals surface area contributed by atoms with Crippen LogP contribution in [0.25, 0.3) is 0 Å². The summed E-state index contributed by atoms with van der Waals surface area (Å²) < 4.78 is 2.03. The average molecular weight is 258 g/mol. The summed E-state index contributed by atoms with van der Waals surface area (Å²) in [5, 5.41) is 0. The fraction of sp³-hybridized carbons (Fsp3) is 0.200. The molecule has 1 heterocycles. The van der Waals surface area contributed by atoms with Crippen LogP contribution in [0.4, 0.5) is 0 Å². The number of carbonyl (C=O) groups is 1. The lowest BCUT2D eigenvalue weighted by Crippen LogP contribution is -2.34. The van der Waals surface area contributed by atoms with Crippen molar-refractivity contribution < 1.29 is 9.36 Å². The predicted molar refractivity (Wildman–Crippen MR) is 74.0 cm³/mol. The fourth-order valence-corrected chi connectivity index (χ4v) is 2.18. The zero-order chi connectivity index (χ0) is 13.0. The van der Waals surface area contributed by atoms with E-state index < -0.39 is 0 Å². The highest BCUT2D eigenvalue weighted by Gasteiger charge is 2.07. The molecule has 0 saturated carbocycles. The molecule has 2 nitrogen and oxygen atoms in total. The number of hydrogen-bond donors (Lipinski definition) is 0. The van der Waals surface area contributed by atoms with Gasteiger partial charge in [-0.1, -0.05) is 12.1 Å². The summed E-state index contributed by atoms with van der Waals surface area (Å²) in [6.07, 6.45) is 5.94. The van der Waals surface area contributed by atoms with Crippen LogP contribution in [0.2, 0.25) is 0 Å². The van der Waals surface area contributed by atoms with Crippen molar-refractivity contribution in [3.8, 4) is 0 Å². The first-order chi connectivity index (χ1) is 8.69. The summed E-state index contributed by atoms with van der Waals surface area (Å²) >= 11 is 1.74. The first-order valence-corrected chi connectivity index (χ1v) is 7.04. The molecule has 0 unspecified atom stereocenters. The van der Waals surface area contributed by atoms with Crippen LogP contribution in [0.5, 0.6) is 0 Å². The maximum absolute atomic E-state index is 11.3. The molecule has 92 valence electrons. The predicted octanol–water partition coefficient (Wildman–Crippen LogP) is 2.95. The molecule has 3 heteroatoms. The molecule has 0 saturated heterocycles. The number of pyridine rings is 1. The molecule has 0 fully saturated rings. The molecule has 0 radical (unpaired) electrons. The molecule has 0 N–H and O–H groups in total. The number of Topliss-reactive ketones (excluding diaryl/α,β-unsaturated/α-hetero) is 1. The second-order valence-corrected chi connectivity index (χ2v) is 5.05. The van der Waals surface area contributed by atoms with Crippen LogP contribution in [-0.2, 0) is 6.54 Å². The van der Waals surface area contributed by atoms with Crippen molar-refractivity contribution in [3.05, 3.63) is 59.9 Å². The van der Waals surface area contributed by atoms with Gasteiger partial charge in [-0.05, 0) is 31.4 Å². The minimum atomic E-state index is 0.0991. The number of rotatable bonds is 4. The highest BCUT2D eigenvalue weighted by molar-refractivity contribution is 7.98. The maximum atomic E-state index is 11.3. The van der Waals surface area contributed by atoms with E-state index in [0.717, 1.165) is 12.1 Å². The number of nitrogens with zero attached hydrogens (tertiary/aromatic N) is 1. The summed E-state index contributed by atoms with van der Waals surface area (Å²) in [6.45, 7) is 2.38. The molecule has 0 atom stereocenters. The van der Waals surface area contributed by atoms with Gasteiger partial charge < -0.3 is 0 Å². The van der Waals surface area contributed by atoms with Gasteiger partial charge in [0.1, 0.15) is 0 Å². The minimum Gasteiger partial charge on any atom is -0.294 e. The van der Waals surface area contributed by atoms with E-state index in [1.165, 1.54) is 10.5 Å². The largest absolute Gasteiger partial charge is 0.294 e. The van der Waals surface area contributed by atoms with Crippen LogP contribution in [0, 0.1) is 0 Å². The molecule has 18 heavy (non-hydrogen) atoms. The smallest absolute Gasteiger partial charge is 0.179 e. The van der Waals surface area contributed by atoms with E-state index in [0.29, 0.717) is 0 Å². The Bertz CT molecular complexity index is 549. The summed E-state index contributed by atoms with van der Waals surface area (Å²) in [5.41, 5.74) is 1.98. The summed E-state index contributed by atoms with van der Waals surface area (Å²) in [4.78, 5) is 12.6. The molecule has 0 aliphatic rings. The number of thioether (sulfide) groups is 1. The van der Waals surface area contributed by atoms with E-state index in [1.54, 1.807) is 18.7 Å². The standard InChI is InChI=1S/C15H16NOS/c1-12(17)14-4-3-9-16(11-14)10-13-5-7-15(18-2)8-6-13/h3-9,11H,10H2,1-2H3/q+1. The number of carbonyl (C=O) groups excluding carboxylic acids is 1. The second kappa shape index (κ2) is 5.83. The first kappa shape index (κ1) is 12.8. The van der Waals surface area contributed by atoms with Gasteiger partial charge in [-0.25, -0.2) is 4.57 Å². The van der Waals surface area contributed by atoms with Crippen molar-refractivity contribution in [2.75, 3.05) is 6.26 Å². The number of aromatic nitrogens is 1. The van der Waals surface area contributed by atoms with Crippen LogP contribution in [-0.4, -0.2) is 12.0 Å². The average Bonchev–Trinajstić information content (AvgIpc) is 2.40. The Morgan fingerprint density at radius 1 is 1.22 bits per heavy atom. The van der Waals surface area contributed by atoms with Crippen molar-refractivity contribution in [1.29, 1.82) is 0 Å². The lowest BCUT2D eigenvalue weighted by Gasteiger charge is -2.00. The lowest BCUT2D eigenvalue weighted by molar-refractivity contribution is -0.688. The SMILES string of the molecule is CSc1ccc(C[n+]2cccc(C(C)=O)c2)cc1. The molecular weight excluding hydrogens is 242 g/mol. The lowest BCUT2D eigenvalue weighted by atomic mass is 10.2. The third kappa shape index (κ3) is 3.20. The van der Waals surface area contributed by atoms with Gasteiger partial charge in [-0.3, -0.25) is 4.79 Å². The molecule has 0 amide bonds. The molecule has 2 rings (SSSR count). The van der Waals surface area contributed by atoms with Gasteiger partial charge in [0.05, 0.1) is 5.56 Å². The van der Waals surface area contributed by atoms with E-state index in [1.807, 2.05) is 29.1 Å². The molecule has 0 aliphatic carbocycles. The molecule has 0 aliphatic heterocycles. The number of hydrogen-bond acceptors (Lipinski definition) is 2. The third-order valence-corrected chi connectivity index (χ3v) is 3.53. The van der Waals surface area contributed by atoms with Crippen LogP contribution in [0.1, 0.15) is 22.8 Å². The van der Waals surface area contributed by atoms with Gasteiger partial charge in [0.25, 0.3) is 0 Å². The Morgan fingerprint density at radius 3 is 2.56 bits per heavy atom. The van der Waals surface area contributed by atoms with Crippen LogP contribution < -0.4 is 4.57 Å². The van der Waals surface area contributed by atoms with Crippen molar-refractivity contribution in [3.63, 3.8) is 0 Å². The second-order valence-electron chi connectivity index (χ2n) is 4.17. The highest BCUT2D eigenvalue weighted by Crippen LogP contribution is 2.14. The Labute approximate surface area is 112 Å². The number of benzene rings is 1. The summed E-state index contributed by atoms with van der Waals surface area (Å²) in [6, 6.07) is 12.2. The van der Waals surface area contributed by atoms with Crippen molar-refractivity contribution >= 4 is 17.5 Å². The molecule has 1 aromatic carbocycles. The van der Waals surface area contributed by atoms with Gasteiger partial charge in [0.15, 0.2) is 24.7 Å². The normalized spacial score (nSPS) is 10.3. The van der Waals surface area contributed by atoms with Crippen molar-refractivity contribution in [2.45, 2.75) is 18.4 Å². The molecule has 2 aromatic rings. The topological polar surface area (TPSA) is 20.9 Å². The van der Waals surface area contributed by atoms with E-state index in [9.17, 15) is 4.79 Å². The van der Waals surface area contributed by atoms with Gasteiger partial charge in [-0.2, -0.15) is 0 Å². The fourth-order valence-electron chi connectivity index (χ4n) is 1.77. The quantitative estimate of drug-likeness (QED) is 0.477. The first-order valence-electron chi connectivity index (χ1n) is 5.82. The highest BCUT2D eigenvalue weighted by atomic mass is 32.2. The van der Waals surface area contributed by atoms with Gasteiger partial charge in [0, 0.05) is 16.5 Å². The van der Waals surface area contributed by atoms with Crippen LogP contribution in [0.3, 0.4) is 0 Å². The zero-order valence-electron chi connectivity index (χ0n) is 10.6. The van der Waals surface area contributed by atoms with E-state index in [4.69, 9.17) is 0 Å². The number of ketones is 1. The maximum Gasteiger partial charge on any atom is 0.179 e. The molecular formula is C15H16NOS+. The van der Waals surface area contributed by atoms with Gasteiger partial charge in [-0.15, -0.1) is 11.8 Å². The monoisotopic (exact) mass is 258 g/mol. The van der Waals surface area contributed by atoms with E-state index >= 15 is 0 Å². The van der Waals surface area contributed by atoms with E-state index in [-0.39, 0.29) is 5.78 Å². The van der Waals surface area contributed by atoms with Crippen molar-refractivity contribution in [2.24, 2.45) is 0 Å². The summed E-state index contributed by atoms with van der Waals surface area (Å²) in [5.74, 6) is 0.0991. The Kier molecular flexibility index (Phi) is 4.15. The van der Waals surface area contributed by atoms with Crippen LogP contribution >= 0.6 is 11.8 Å². The Balaban J connectivity index is 2.17. The molecule has 0 spiro atoms. The van der Waals surface area contributed by atoms with Gasteiger partial charge >= 0.3 is 0 Å². The van der Waals surface area contributed by atoms with Crippen molar-refractivity contribution in [1.82, 2.24) is 0 Å². The Morgan fingerprint density at radius 2 is 1.94 bits per heavy atom. The van der Waals surface area contributed by atoms with Gasteiger partial charge in [0.2, 0.25) is 0 Å². The summed E-state index contributed by atoms with van der Waals surface area (Å²) in [7, 11) is 0. The minimum absolute atomic E-state index is 0.0991.